The number of hydrogen-bond acceptors (Lipinski definition) is 6. The van der Waals surface area contributed by atoms with E-state index in [1.54, 1.807) is 0 Å². The molecule has 0 aliphatic heterocycles. The predicted molar refractivity (Wildman–Crippen MR) is 57.8 cm³/mol. The highest BCUT2D eigenvalue weighted by Crippen LogP contribution is 2.34. The van der Waals surface area contributed by atoms with Gasteiger partial charge < -0.3 is 4.18 Å². The summed E-state index contributed by atoms with van der Waals surface area (Å²) in [6.45, 7) is 0. The van der Waals surface area contributed by atoms with Crippen LogP contribution in [-0.2, 0) is 28.6 Å². The summed E-state index contributed by atoms with van der Waals surface area (Å²) >= 11 is 0. The lowest BCUT2D eigenvalue weighted by atomic mass is 10.2. The van der Waals surface area contributed by atoms with Crippen LogP contribution in [0.15, 0.2) is 11.8 Å². The van der Waals surface area contributed by atoms with Crippen LogP contribution < -0.4 is 0 Å². The van der Waals surface area contributed by atoms with Crippen LogP contribution in [0.5, 0.6) is 0 Å². The van der Waals surface area contributed by atoms with Crippen molar-refractivity contribution in [1.29, 1.82) is 0 Å². The molecule has 1 rings (SSSR count). The van der Waals surface area contributed by atoms with Crippen LogP contribution in [0.1, 0.15) is 19.3 Å². The lowest BCUT2D eigenvalue weighted by Crippen LogP contribution is -2.30. The van der Waals surface area contributed by atoms with E-state index in [2.05, 4.69) is 8.37 Å². The average Bonchev–Trinajstić information content (AvgIpc) is 2.70. The fourth-order valence-corrected chi connectivity index (χ4v) is 2.46. The van der Waals surface area contributed by atoms with E-state index in [-0.39, 0.29) is 25.5 Å². The Morgan fingerprint density at radius 1 is 0.955 bits per heavy atom. The minimum Gasteiger partial charge on any atom is -0.384 e. The van der Waals surface area contributed by atoms with E-state index in [4.69, 9.17) is 0 Å². The number of halogens is 6. The van der Waals surface area contributed by atoms with Crippen LogP contribution in [0.25, 0.3) is 0 Å². The van der Waals surface area contributed by atoms with Crippen LogP contribution in [0.2, 0.25) is 0 Å². The Kier molecular flexibility index (Phi) is 5.09. The second-order valence-corrected chi connectivity index (χ2v) is 7.19. The zero-order valence-electron chi connectivity index (χ0n) is 10.3. The molecule has 1 fully saturated rings. The highest BCUT2D eigenvalue weighted by molar-refractivity contribution is 7.87. The van der Waals surface area contributed by atoms with Gasteiger partial charge in [0, 0.05) is 0 Å². The first kappa shape index (κ1) is 19.0. The van der Waals surface area contributed by atoms with E-state index in [9.17, 15) is 43.2 Å². The highest BCUT2D eigenvalue weighted by Gasteiger charge is 2.50. The number of alkyl halides is 6. The van der Waals surface area contributed by atoms with Crippen molar-refractivity contribution in [3.8, 4) is 0 Å². The van der Waals surface area contributed by atoms with Crippen LogP contribution in [0.3, 0.4) is 0 Å². The normalized spacial score (nSPS) is 23.0. The lowest BCUT2D eigenvalue weighted by molar-refractivity contribution is -0.0561. The largest absolute Gasteiger partial charge is 0.534 e. The van der Waals surface area contributed by atoms with E-state index in [0.717, 1.165) is 0 Å². The zero-order chi connectivity index (χ0) is 17.4. The molecule has 14 heteroatoms. The first-order valence-electron chi connectivity index (χ1n) is 5.35. The standard InChI is InChI=1S/C8H8F6O6S2/c9-7(10,11)21(15,16)19-4-5-2-1-3-6(5)20-22(17,18)8(12,13)14/h4,6H,1-3H2. The Morgan fingerprint density at radius 3 is 1.91 bits per heavy atom. The molecule has 1 atom stereocenters. The Balaban J connectivity index is 2.91. The van der Waals surface area contributed by atoms with Gasteiger partial charge in [0.15, 0.2) is 0 Å². The molecule has 0 heterocycles. The molecule has 0 radical (unpaired) electrons. The second kappa shape index (κ2) is 5.88. The molecule has 0 aromatic carbocycles. The Morgan fingerprint density at radius 2 is 1.45 bits per heavy atom. The van der Waals surface area contributed by atoms with Gasteiger partial charge in [0.25, 0.3) is 0 Å². The van der Waals surface area contributed by atoms with Crippen molar-refractivity contribution < 1.29 is 51.5 Å². The summed E-state index contributed by atoms with van der Waals surface area (Å²) in [6, 6.07) is 0. The molecule has 1 aliphatic carbocycles. The molecule has 0 N–H and O–H groups in total. The third-order valence-electron chi connectivity index (χ3n) is 2.48. The summed E-state index contributed by atoms with van der Waals surface area (Å²) in [5, 5.41) is 0. The predicted octanol–water partition coefficient (Wildman–Crippen LogP) is 2.16. The van der Waals surface area contributed by atoms with Gasteiger partial charge in [-0.1, -0.05) is 0 Å². The van der Waals surface area contributed by atoms with Crippen LogP contribution in [0.4, 0.5) is 26.3 Å². The molecule has 0 bridgehead atoms. The minimum atomic E-state index is -5.98. The van der Waals surface area contributed by atoms with E-state index in [1.807, 2.05) is 0 Å². The SMILES string of the molecule is O=S(=O)(OC=C1CCCC1OS(=O)(=O)C(F)(F)F)C(F)(F)F. The molecular formula is C8H8F6O6S2. The van der Waals surface area contributed by atoms with Crippen molar-refractivity contribution in [1.82, 2.24) is 0 Å². The van der Waals surface area contributed by atoms with Crippen molar-refractivity contribution >= 4 is 20.2 Å². The Bertz CT molecular complexity index is 644. The maximum Gasteiger partial charge on any atom is 0.534 e. The van der Waals surface area contributed by atoms with E-state index in [1.165, 1.54) is 0 Å². The van der Waals surface area contributed by atoms with Gasteiger partial charge in [0.05, 0.1) is 0 Å². The van der Waals surface area contributed by atoms with Crippen molar-refractivity contribution in [2.75, 3.05) is 0 Å². The smallest absolute Gasteiger partial charge is 0.384 e. The van der Waals surface area contributed by atoms with Gasteiger partial charge in [0.1, 0.15) is 12.4 Å². The molecule has 0 aromatic rings. The molecule has 130 valence electrons. The summed E-state index contributed by atoms with van der Waals surface area (Å²) in [7, 11) is -11.9. The molecule has 22 heavy (non-hydrogen) atoms. The quantitative estimate of drug-likeness (QED) is 0.323. The summed E-state index contributed by atoms with van der Waals surface area (Å²) in [5.74, 6) is 0. The third-order valence-corrected chi connectivity index (χ3v) is 4.45. The molecule has 0 amide bonds. The summed E-state index contributed by atoms with van der Waals surface area (Å²) < 4.78 is 123. The fraction of sp³-hybridized carbons (Fsp3) is 0.750. The van der Waals surface area contributed by atoms with Gasteiger partial charge in [-0.15, -0.1) is 0 Å². The molecule has 1 unspecified atom stereocenters. The number of hydrogen-bond donors (Lipinski definition) is 0. The van der Waals surface area contributed by atoms with E-state index in [0.29, 0.717) is 0 Å². The maximum atomic E-state index is 12.1. The second-order valence-electron chi connectivity index (χ2n) is 4.07. The van der Waals surface area contributed by atoms with Crippen LogP contribution >= 0.6 is 0 Å². The summed E-state index contributed by atoms with van der Waals surface area (Å²) in [5.41, 5.74) is -11.9. The molecule has 0 aromatic heterocycles. The number of rotatable bonds is 4. The summed E-state index contributed by atoms with van der Waals surface area (Å²) in [6.07, 6.45) is -2.04. The van der Waals surface area contributed by atoms with Gasteiger partial charge in [-0.25, -0.2) is 0 Å². The van der Waals surface area contributed by atoms with Crippen LogP contribution in [-0.4, -0.2) is 34.0 Å². The van der Waals surface area contributed by atoms with Gasteiger partial charge in [-0.05, 0) is 24.8 Å². The monoisotopic (exact) mass is 378 g/mol. The molecular weight excluding hydrogens is 370 g/mol. The van der Waals surface area contributed by atoms with E-state index < -0.39 is 42.9 Å². The summed E-state index contributed by atoms with van der Waals surface area (Å²) in [4.78, 5) is 0. The van der Waals surface area contributed by atoms with Crippen molar-refractivity contribution in [2.45, 2.75) is 36.4 Å². The van der Waals surface area contributed by atoms with E-state index >= 15 is 0 Å². The van der Waals surface area contributed by atoms with Crippen molar-refractivity contribution in [2.24, 2.45) is 0 Å². The minimum absolute atomic E-state index is 0.0480. The zero-order valence-corrected chi connectivity index (χ0v) is 11.9. The molecule has 1 saturated carbocycles. The fourth-order valence-electron chi connectivity index (χ4n) is 1.47. The third kappa shape index (κ3) is 4.25. The lowest BCUT2D eigenvalue weighted by Gasteiger charge is -2.15. The molecule has 6 nitrogen and oxygen atoms in total. The first-order chi connectivity index (χ1) is 9.67. The van der Waals surface area contributed by atoms with Gasteiger partial charge in [-0.2, -0.15) is 43.2 Å². The van der Waals surface area contributed by atoms with Gasteiger partial charge in [0.2, 0.25) is 0 Å². The maximum absolute atomic E-state index is 12.1. The van der Waals surface area contributed by atoms with Crippen molar-refractivity contribution in [3.05, 3.63) is 11.8 Å². The molecule has 0 saturated heterocycles. The molecule has 0 spiro atoms. The Hall–Kier alpha value is -1.02. The molecule has 1 aliphatic rings. The van der Waals surface area contributed by atoms with Gasteiger partial charge >= 0.3 is 31.3 Å². The average molecular weight is 378 g/mol. The highest BCUT2D eigenvalue weighted by atomic mass is 32.2. The Labute approximate surface area is 120 Å². The van der Waals surface area contributed by atoms with Crippen molar-refractivity contribution in [3.63, 3.8) is 0 Å². The van der Waals surface area contributed by atoms with Crippen LogP contribution in [0, 0.1) is 0 Å². The van der Waals surface area contributed by atoms with Gasteiger partial charge in [-0.3, -0.25) is 4.18 Å². The topological polar surface area (TPSA) is 86.7 Å². The first-order valence-corrected chi connectivity index (χ1v) is 8.17.